The van der Waals surface area contributed by atoms with Gasteiger partial charge in [-0.05, 0) is 75.1 Å². The highest BCUT2D eigenvalue weighted by molar-refractivity contribution is 5.95. The van der Waals surface area contributed by atoms with Crippen molar-refractivity contribution in [3.05, 3.63) is 75.5 Å². The standard InChI is InChI=1S/C41H54FN7O5/c1-27-23-31(15-18-49(27)41(53)38(43)29-7-3-2-4-8-29)54-30-13-16-46(17-14-30)26-37(50)47-19-21-48(22-20-47)40(52)34-24-28(11-12-35(34)42)25-36-32-9-5-6-10-33(32)39(51)45-44-36/h5-6,9-12,24,27,29-31,38H,2-4,7-8,13-23,25-26,43H2,1H3,(H,45,51)/t27-,31+,38+/m0/s1. The number of rotatable bonds is 9. The van der Waals surface area contributed by atoms with Crippen LogP contribution in [0, 0.1) is 11.7 Å². The molecule has 7 rings (SSSR count). The second-order valence-corrected chi connectivity index (χ2v) is 15.8. The first-order valence-corrected chi connectivity index (χ1v) is 19.9. The summed E-state index contributed by atoms with van der Waals surface area (Å²) in [7, 11) is 0. The minimum atomic E-state index is -0.599. The van der Waals surface area contributed by atoms with Gasteiger partial charge in [0.25, 0.3) is 11.5 Å². The SMILES string of the molecule is C[C@H]1C[C@H](OC2CCN(CC(=O)N3CCN(C(=O)c4cc(Cc5n[nH]c(=O)c6ccccc56)ccc4F)CC3)CC2)CCN1C(=O)[C@H](N)C1CCCCC1. The minimum absolute atomic E-state index is 0.0153. The van der Waals surface area contributed by atoms with E-state index in [9.17, 15) is 23.6 Å². The summed E-state index contributed by atoms with van der Waals surface area (Å²) in [5.74, 6) is -0.561. The molecule has 3 N–H and O–H groups in total. The zero-order valence-corrected chi connectivity index (χ0v) is 31.4. The molecule has 2 aromatic carbocycles. The van der Waals surface area contributed by atoms with E-state index < -0.39 is 17.8 Å². The number of H-pyrrole nitrogens is 1. The number of piperazine rings is 1. The molecular weight excluding hydrogens is 689 g/mol. The van der Waals surface area contributed by atoms with Crippen molar-refractivity contribution < 1.29 is 23.5 Å². The summed E-state index contributed by atoms with van der Waals surface area (Å²) in [6.07, 6.45) is 9.63. The molecule has 4 heterocycles. The Bertz CT molecular complexity index is 1870. The van der Waals surface area contributed by atoms with E-state index in [-0.39, 0.29) is 41.2 Å². The number of benzene rings is 2. The molecule has 1 aliphatic carbocycles. The van der Waals surface area contributed by atoms with Crippen LogP contribution in [0.3, 0.4) is 0 Å². The third-order valence-electron chi connectivity index (χ3n) is 12.2. The fraction of sp³-hybridized carbons (Fsp3) is 0.585. The van der Waals surface area contributed by atoms with Crippen LogP contribution in [0.1, 0.15) is 86.3 Å². The lowest BCUT2D eigenvalue weighted by Crippen LogP contribution is -2.55. The van der Waals surface area contributed by atoms with E-state index in [0.29, 0.717) is 73.6 Å². The summed E-state index contributed by atoms with van der Waals surface area (Å²) >= 11 is 0. The van der Waals surface area contributed by atoms with E-state index in [1.165, 1.54) is 25.3 Å². The van der Waals surface area contributed by atoms with Gasteiger partial charge < -0.3 is 25.2 Å². The van der Waals surface area contributed by atoms with Crippen LogP contribution >= 0.6 is 0 Å². The van der Waals surface area contributed by atoms with Crippen LogP contribution in [0.25, 0.3) is 10.8 Å². The third kappa shape index (κ3) is 8.68. The van der Waals surface area contributed by atoms with Gasteiger partial charge in [0, 0.05) is 63.7 Å². The van der Waals surface area contributed by atoms with E-state index >= 15 is 0 Å². The first-order valence-electron chi connectivity index (χ1n) is 19.9. The van der Waals surface area contributed by atoms with Crippen LogP contribution in [0.4, 0.5) is 4.39 Å². The van der Waals surface area contributed by atoms with Gasteiger partial charge in [-0.25, -0.2) is 9.49 Å². The molecule has 1 aromatic heterocycles. The van der Waals surface area contributed by atoms with Gasteiger partial charge >= 0.3 is 0 Å². The number of ether oxygens (including phenoxy) is 1. The molecule has 0 radical (unpaired) electrons. The average Bonchev–Trinajstić information content (AvgIpc) is 3.20. The molecule has 3 atom stereocenters. The number of nitrogens with zero attached hydrogens (tertiary/aromatic N) is 5. The Balaban J connectivity index is 0.837. The Morgan fingerprint density at radius 3 is 2.30 bits per heavy atom. The highest BCUT2D eigenvalue weighted by Gasteiger charge is 2.36. The number of amides is 3. The summed E-state index contributed by atoms with van der Waals surface area (Å²) < 4.78 is 21.5. The lowest BCUT2D eigenvalue weighted by molar-refractivity contribution is -0.142. The molecular formula is C41H54FN7O5. The molecule has 3 aliphatic heterocycles. The number of aromatic nitrogens is 2. The van der Waals surface area contributed by atoms with Crippen LogP contribution in [0.2, 0.25) is 0 Å². The lowest BCUT2D eigenvalue weighted by Gasteiger charge is -2.42. The van der Waals surface area contributed by atoms with Crippen molar-refractivity contribution in [1.82, 2.24) is 29.8 Å². The molecule has 1 saturated carbocycles. The van der Waals surface area contributed by atoms with Gasteiger partial charge in [-0.1, -0.05) is 43.5 Å². The smallest absolute Gasteiger partial charge is 0.272 e. The molecule has 3 saturated heterocycles. The van der Waals surface area contributed by atoms with Crippen molar-refractivity contribution in [2.75, 3.05) is 52.4 Å². The van der Waals surface area contributed by atoms with Crippen molar-refractivity contribution in [3.63, 3.8) is 0 Å². The van der Waals surface area contributed by atoms with Crippen LogP contribution < -0.4 is 11.3 Å². The number of nitrogens with two attached hydrogens (primary N) is 1. The number of carbonyl (C=O) groups excluding carboxylic acids is 3. The van der Waals surface area contributed by atoms with E-state index in [1.807, 2.05) is 17.0 Å². The van der Waals surface area contributed by atoms with Crippen LogP contribution in [-0.2, 0) is 20.7 Å². The average molecular weight is 744 g/mol. The fourth-order valence-corrected chi connectivity index (χ4v) is 8.91. The molecule has 12 nitrogen and oxygen atoms in total. The van der Waals surface area contributed by atoms with Gasteiger partial charge in [-0.15, -0.1) is 0 Å². The summed E-state index contributed by atoms with van der Waals surface area (Å²) in [5.41, 5.74) is 7.50. The summed E-state index contributed by atoms with van der Waals surface area (Å²) in [6, 6.07) is 11.4. The monoisotopic (exact) mass is 743 g/mol. The summed E-state index contributed by atoms with van der Waals surface area (Å²) in [6.45, 7) is 6.11. The summed E-state index contributed by atoms with van der Waals surface area (Å²) in [4.78, 5) is 59.8. The Morgan fingerprint density at radius 1 is 0.889 bits per heavy atom. The Morgan fingerprint density at radius 2 is 1.57 bits per heavy atom. The van der Waals surface area contributed by atoms with Crippen molar-refractivity contribution in [1.29, 1.82) is 0 Å². The maximum absolute atomic E-state index is 15.0. The van der Waals surface area contributed by atoms with E-state index in [2.05, 4.69) is 22.0 Å². The number of piperidine rings is 2. The number of nitrogens with one attached hydrogen (secondary N) is 1. The molecule has 290 valence electrons. The van der Waals surface area contributed by atoms with E-state index in [0.717, 1.165) is 51.6 Å². The molecule has 3 aromatic rings. The van der Waals surface area contributed by atoms with Crippen molar-refractivity contribution >= 4 is 28.5 Å². The molecule has 54 heavy (non-hydrogen) atoms. The zero-order chi connectivity index (χ0) is 37.8. The van der Waals surface area contributed by atoms with Crippen molar-refractivity contribution in [2.45, 2.75) is 95.4 Å². The van der Waals surface area contributed by atoms with E-state index in [1.54, 1.807) is 34.1 Å². The maximum Gasteiger partial charge on any atom is 0.272 e. The number of hydrogen-bond acceptors (Lipinski definition) is 8. The summed E-state index contributed by atoms with van der Waals surface area (Å²) in [5, 5.41) is 7.98. The number of likely N-dealkylation sites (tertiary alicyclic amines) is 2. The second kappa shape index (κ2) is 17.1. The van der Waals surface area contributed by atoms with Gasteiger partial charge in [-0.3, -0.25) is 24.1 Å². The molecule has 0 bridgehead atoms. The predicted molar refractivity (Wildman–Crippen MR) is 203 cm³/mol. The third-order valence-corrected chi connectivity index (χ3v) is 12.2. The first kappa shape index (κ1) is 38.1. The Labute approximate surface area is 316 Å². The normalized spacial score (nSPS) is 22.8. The van der Waals surface area contributed by atoms with Crippen LogP contribution in [-0.4, -0.2) is 124 Å². The molecule has 0 unspecified atom stereocenters. The van der Waals surface area contributed by atoms with Crippen molar-refractivity contribution in [2.24, 2.45) is 11.7 Å². The molecule has 3 amide bonds. The lowest BCUT2D eigenvalue weighted by atomic mass is 9.83. The van der Waals surface area contributed by atoms with Gasteiger partial charge in [0.1, 0.15) is 5.82 Å². The Hall–Kier alpha value is -4.20. The molecule has 0 spiro atoms. The molecule has 4 fully saturated rings. The van der Waals surface area contributed by atoms with Gasteiger partial charge in [-0.2, -0.15) is 5.10 Å². The largest absolute Gasteiger partial charge is 0.375 e. The van der Waals surface area contributed by atoms with Crippen LogP contribution in [0.15, 0.2) is 47.3 Å². The number of carbonyl (C=O) groups is 3. The highest BCUT2D eigenvalue weighted by Crippen LogP contribution is 2.29. The number of halogens is 1. The van der Waals surface area contributed by atoms with Gasteiger partial charge in [0.2, 0.25) is 11.8 Å². The molecule has 4 aliphatic rings. The highest BCUT2D eigenvalue weighted by atomic mass is 19.1. The first-order chi connectivity index (χ1) is 26.1. The zero-order valence-electron chi connectivity index (χ0n) is 31.4. The maximum atomic E-state index is 15.0. The topological polar surface area (TPSA) is 145 Å². The van der Waals surface area contributed by atoms with Gasteiger partial charge in [0.15, 0.2) is 0 Å². The van der Waals surface area contributed by atoms with Crippen LogP contribution in [0.5, 0.6) is 0 Å². The number of aromatic amines is 1. The number of fused-ring (bicyclic) bond motifs is 1. The quantitative estimate of drug-likeness (QED) is 0.338. The Kier molecular flexibility index (Phi) is 12.0. The second-order valence-electron chi connectivity index (χ2n) is 15.8. The van der Waals surface area contributed by atoms with Gasteiger partial charge in [0.05, 0.1) is 41.4 Å². The molecule has 13 heteroatoms. The number of hydrogen-bond donors (Lipinski definition) is 2. The fourth-order valence-electron chi connectivity index (χ4n) is 8.91. The predicted octanol–water partition coefficient (Wildman–Crippen LogP) is 3.71. The minimum Gasteiger partial charge on any atom is -0.375 e. The van der Waals surface area contributed by atoms with Crippen molar-refractivity contribution in [3.8, 4) is 0 Å². The van der Waals surface area contributed by atoms with E-state index in [4.69, 9.17) is 10.5 Å².